The van der Waals surface area contributed by atoms with Crippen LogP contribution in [0.4, 0.5) is 5.69 Å². The highest BCUT2D eigenvalue weighted by atomic mass is 32.2. The second-order valence-corrected chi connectivity index (χ2v) is 7.52. The fourth-order valence-electron chi connectivity index (χ4n) is 3.03. The quantitative estimate of drug-likeness (QED) is 0.869. The highest BCUT2D eigenvalue weighted by Crippen LogP contribution is 2.24. The van der Waals surface area contributed by atoms with Gasteiger partial charge in [0.2, 0.25) is 10.0 Å². The molecule has 0 saturated carbocycles. The highest BCUT2D eigenvalue weighted by molar-refractivity contribution is 7.89. The van der Waals surface area contributed by atoms with Crippen molar-refractivity contribution in [2.75, 3.05) is 32.5 Å². The SMILES string of the molecule is CNc1cc(C)c(S(=O)(=O)NCC2CCCN2C)c(C)c1. The molecule has 0 bridgehead atoms. The number of nitrogens with one attached hydrogen (secondary N) is 2. The van der Waals surface area contributed by atoms with Gasteiger partial charge in [-0.05, 0) is 63.5 Å². The third-order valence-electron chi connectivity index (χ3n) is 4.20. The summed E-state index contributed by atoms with van der Waals surface area (Å²) in [6.07, 6.45) is 2.19. The average Bonchev–Trinajstić information content (AvgIpc) is 2.80. The minimum absolute atomic E-state index is 0.303. The van der Waals surface area contributed by atoms with Gasteiger partial charge < -0.3 is 10.2 Å². The van der Waals surface area contributed by atoms with Crippen molar-refractivity contribution in [3.05, 3.63) is 23.3 Å². The van der Waals surface area contributed by atoms with Crippen LogP contribution in [0.25, 0.3) is 0 Å². The van der Waals surface area contributed by atoms with Gasteiger partial charge in [-0.2, -0.15) is 0 Å². The zero-order valence-corrected chi connectivity index (χ0v) is 14.0. The van der Waals surface area contributed by atoms with Crippen LogP contribution in [0, 0.1) is 13.8 Å². The van der Waals surface area contributed by atoms with Gasteiger partial charge in [0.15, 0.2) is 0 Å². The molecule has 118 valence electrons. The second-order valence-electron chi connectivity index (χ2n) is 5.82. The normalized spacial score (nSPS) is 19.9. The molecule has 2 rings (SSSR count). The summed E-state index contributed by atoms with van der Waals surface area (Å²) in [7, 11) is 0.414. The van der Waals surface area contributed by atoms with E-state index in [-0.39, 0.29) is 0 Å². The molecule has 1 aliphatic heterocycles. The van der Waals surface area contributed by atoms with Gasteiger partial charge in [-0.1, -0.05) is 0 Å². The lowest BCUT2D eigenvalue weighted by atomic mass is 10.1. The predicted molar refractivity (Wildman–Crippen MR) is 86.3 cm³/mol. The number of benzene rings is 1. The molecule has 21 heavy (non-hydrogen) atoms. The summed E-state index contributed by atoms with van der Waals surface area (Å²) in [6.45, 7) is 5.20. The van der Waals surface area contributed by atoms with E-state index in [0.717, 1.165) is 36.2 Å². The average molecular weight is 311 g/mol. The van der Waals surface area contributed by atoms with Gasteiger partial charge in [0.05, 0.1) is 4.90 Å². The van der Waals surface area contributed by atoms with E-state index in [9.17, 15) is 8.42 Å². The Balaban J connectivity index is 2.19. The summed E-state index contributed by atoms with van der Waals surface area (Å²) in [5.74, 6) is 0. The summed E-state index contributed by atoms with van der Waals surface area (Å²) in [4.78, 5) is 2.62. The number of rotatable bonds is 5. The summed E-state index contributed by atoms with van der Waals surface area (Å²) in [6, 6.07) is 4.03. The molecule has 0 amide bonds. The Bertz CT molecular complexity index is 590. The maximum atomic E-state index is 12.6. The molecular formula is C15H25N3O2S. The molecule has 0 radical (unpaired) electrons. The molecule has 6 heteroatoms. The van der Waals surface area contributed by atoms with Gasteiger partial charge in [0.1, 0.15) is 0 Å². The molecule has 0 aromatic heterocycles. The van der Waals surface area contributed by atoms with Crippen LogP contribution in [-0.4, -0.2) is 46.5 Å². The number of likely N-dealkylation sites (tertiary alicyclic amines) is 1. The third kappa shape index (κ3) is 3.56. The molecule has 0 aliphatic carbocycles. The highest BCUT2D eigenvalue weighted by Gasteiger charge is 2.25. The Kier molecular flexibility index (Phi) is 4.91. The lowest BCUT2D eigenvalue weighted by molar-refractivity contribution is 0.311. The summed E-state index contributed by atoms with van der Waals surface area (Å²) < 4.78 is 28.0. The van der Waals surface area contributed by atoms with Crippen LogP contribution in [0.1, 0.15) is 24.0 Å². The minimum Gasteiger partial charge on any atom is -0.388 e. The van der Waals surface area contributed by atoms with E-state index in [1.165, 1.54) is 0 Å². The maximum absolute atomic E-state index is 12.6. The molecule has 1 atom stereocenters. The number of anilines is 1. The monoisotopic (exact) mass is 311 g/mol. The molecular weight excluding hydrogens is 286 g/mol. The molecule has 1 heterocycles. The molecule has 1 aromatic carbocycles. The summed E-state index contributed by atoms with van der Waals surface area (Å²) in [5, 5.41) is 3.05. The van der Waals surface area contributed by atoms with Gasteiger partial charge in [-0.15, -0.1) is 0 Å². The van der Waals surface area contributed by atoms with E-state index >= 15 is 0 Å². The fourth-order valence-corrected chi connectivity index (χ4v) is 4.56. The lowest BCUT2D eigenvalue weighted by Crippen LogP contribution is -2.38. The zero-order valence-electron chi connectivity index (χ0n) is 13.2. The Morgan fingerprint density at radius 3 is 2.38 bits per heavy atom. The largest absolute Gasteiger partial charge is 0.388 e. The topological polar surface area (TPSA) is 61.4 Å². The first-order valence-corrected chi connectivity index (χ1v) is 8.82. The first kappa shape index (κ1) is 16.3. The van der Waals surface area contributed by atoms with Crippen molar-refractivity contribution in [2.24, 2.45) is 0 Å². The van der Waals surface area contributed by atoms with Crippen LogP contribution < -0.4 is 10.0 Å². The van der Waals surface area contributed by atoms with Crippen molar-refractivity contribution >= 4 is 15.7 Å². The fraction of sp³-hybridized carbons (Fsp3) is 0.600. The van der Waals surface area contributed by atoms with Crippen molar-refractivity contribution < 1.29 is 8.42 Å². The van der Waals surface area contributed by atoms with Crippen LogP contribution in [-0.2, 0) is 10.0 Å². The van der Waals surface area contributed by atoms with Gasteiger partial charge in [0, 0.05) is 25.3 Å². The van der Waals surface area contributed by atoms with Crippen LogP contribution in [0.2, 0.25) is 0 Å². The Morgan fingerprint density at radius 1 is 1.29 bits per heavy atom. The number of hydrogen-bond acceptors (Lipinski definition) is 4. The van der Waals surface area contributed by atoms with Crippen LogP contribution >= 0.6 is 0 Å². The van der Waals surface area contributed by atoms with E-state index in [2.05, 4.69) is 14.9 Å². The zero-order chi connectivity index (χ0) is 15.6. The number of sulfonamides is 1. The van der Waals surface area contributed by atoms with E-state index in [4.69, 9.17) is 0 Å². The number of nitrogens with zero attached hydrogens (tertiary/aromatic N) is 1. The third-order valence-corrected chi connectivity index (χ3v) is 5.93. The molecule has 0 spiro atoms. The van der Waals surface area contributed by atoms with Crippen molar-refractivity contribution in [2.45, 2.75) is 37.6 Å². The van der Waals surface area contributed by atoms with Gasteiger partial charge >= 0.3 is 0 Å². The minimum atomic E-state index is -3.46. The molecule has 2 N–H and O–H groups in total. The second kappa shape index (κ2) is 6.34. The summed E-state index contributed by atoms with van der Waals surface area (Å²) >= 11 is 0. The molecule has 5 nitrogen and oxygen atoms in total. The smallest absolute Gasteiger partial charge is 0.241 e. The van der Waals surface area contributed by atoms with Gasteiger partial charge in [-0.25, -0.2) is 13.1 Å². The van der Waals surface area contributed by atoms with Crippen LogP contribution in [0.15, 0.2) is 17.0 Å². The Hall–Kier alpha value is -1.11. The molecule has 1 saturated heterocycles. The van der Waals surface area contributed by atoms with Crippen molar-refractivity contribution in [3.8, 4) is 0 Å². The van der Waals surface area contributed by atoms with Gasteiger partial charge in [-0.3, -0.25) is 0 Å². The standard InChI is InChI=1S/C15H25N3O2S/c1-11-8-13(16-3)9-12(2)15(11)21(19,20)17-10-14-6-5-7-18(14)4/h8-9,14,16-17H,5-7,10H2,1-4H3. The molecule has 1 aliphatic rings. The molecule has 1 unspecified atom stereocenters. The van der Waals surface area contributed by atoms with E-state index < -0.39 is 10.0 Å². The Morgan fingerprint density at radius 2 is 1.90 bits per heavy atom. The van der Waals surface area contributed by atoms with Crippen molar-refractivity contribution in [3.63, 3.8) is 0 Å². The van der Waals surface area contributed by atoms with E-state index in [1.54, 1.807) is 0 Å². The number of aryl methyl sites for hydroxylation is 2. The summed E-state index contributed by atoms with van der Waals surface area (Å²) in [5.41, 5.74) is 2.47. The lowest BCUT2D eigenvalue weighted by Gasteiger charge is -2.20. The van der Waals surface area contributed by atoms with Crippen LogP contribution in [0.5, 0.6) is 0 Å². The predicted octanol–water partition coefficient (Wildman–Crippen LogP) is 1.72. The number of likely N-dealkylation sites (N-methyl/N-ethyl adjacent to an activating group) is 1. The van der Waals surface area contributed by atoms with Crippen LogP contribution in [0.3, 0.4) is 0 Å². The molecule has 1 fully saturated rings. The Labute approximate surface area is 127 Å². The van der Waals surface area contributed by atoms with Crippen molar-refractivity contribution in [1.29, 1.82) is 0 Å². The van der Waals surface area contributed by atoms with E-state index in [1.807, 2.05) is 40.1 Å². The maximum Gasteiger partial charge on any atom is 0.241 e. The van der Waals surface area contributed by atoms with Gasteiger partial charge in [0.25, 0.3) is 0 Å². The number of hydrogen-bond donors (Lipinski definition) is 2. The van der Waals surface area contributed by atoms with Crippen molar-refractivity contribution in [1.82, 2.24) is 9.62 Å². The first-order valence-electron chi connectivity index (χ1n) is 7.34. The molecule has 1 aromatic rings. The first-order chi connectivity index (χ1) is 9.85. The van der Waals surface area contributed by atoms with E-state index in [0.29, 0.717) is 17.5 Å².